The second kappa shape index (κ2) is 6.95. The summed E-state index contributed by atoms with van der Waals surface area (Å²) in [7, 11) is -1.51. The van der Waals surface area contributed by atoms with Gasteiger partial charge in [-0.3, -0.25) is 0 Å². The first-order chi connectivity index (χ1) is 11.4. The number of hydrogen-bond donors (Lipinski definition) is 0. The van der Waals surface area contributed by atoms with Crippen molar-refractivity contribution in [3.63, 3.8) is 0 Å². The van der Waals surface area contributed by atoms with Crippen molar-refractivity contribution in [3.05, 3.63) is 84.7 Å². The van der Waals surface area contributed by atoms with Crippen LogP contribution in [0, 0.1) is 5.82 Å². The molecule has 0 aliphatic rings. The van der Waals surface area contributed by atoms with E-state index in [4.69, 9.17) is 0 Å². The zero-order valence-electron chi connectivity index (χ0n) is 14.3. The van der Waals surface area contributed by atoms with E-state index < -0.39 is 8.07 Å². The molecule has 24 heavy (non-hydrogen) atoms. The molecule has 122 valence electrons. The van der Waals surface area contributed by atoms with Crippen molar-refractivity contribution < 1.29 is 4.39 Å². The van der Waals surface area contributed by atoms with E-state index in [0.29, 0.717) is 0 Å². The van der Waals surface area contributed by atoms with E-state index >= 15 is 0 Å². The molecular weight excluding hydrogens is 331 g/mol. The lowest BCUT2D eigenvalue weighted by Gasteiger charge is -2.16. The molecule has 3 heteroatoms. The minimum Gasteiger partial charge on any atom is -0.207 e. The standard InChI is InChI=1S/C21H22FSSi/c1-24(2,3)21-15-13-20(14-16-21)23(18-7-5-4-6-8-18)19-11-9-17(22)10-12-19/h4-16H,1-3H3/q+1. The van der Waals surface area contributed by atoms with Gasteiger partial charge in [0, 0.05) is 0 Å². The molecule has 0 bridgehead atoms. The van der Waals surface area contributed by atoms with E-state index in [0.717, 1.165) is 4.90 Å². The molecule has 0 heterocycles. The Morgan fingerprint density at radius 1 is 0.625 bits per heavy atom. The fraction of sp³-hybridized carbons (Fsp3) is 0.143. The first kappa shape index (κ1) is 17.0. The highest BCUT2D eigenvalue weighted by Gasteiger charge is 2.29. The lowest BCUT2D eigenvalue weighted by molar-refractivity contribution is 0.626. The Bertz CT molecular complexity index is 790. The van der Waals surface area contributed by atoms with Crippen molar-refractivity contribution in [2.45, 2.75) is 34.3 Å². The predicted molar refractivity (Wildman–Crippen MR) is 104 cm³/mol. The second-order valence-corrected chi connectivity index (χ2v) is 14.0. The van der Waals surface area contributed by atoms with E-state index in [-0.39, 0.29) is 16.7 Å². The molecular formula is C21H22FSSi+. The number of benzene rings is 3. The molecule has 3 aromatic carbocycles. The van der Waals surface area contributed by atoms with E-state index in [1.807, 2.05) is 18.2 Å². The van der Waals surface area contributed by atoms with Crippen LogP contribution in [-0.2, 0) is 10.9 Å². The summed E-state index contributed by atoms with van der Waals surface area (Å²) in [5.74, 6) is -0.190. The maximum atomic E-state index is 13.3. The molecule has 0 fully saturated rings. The van der Waals surface area contributed by atoms with Gasteiger partial charge in [-0.1, -0.05) is 55.2 Å². The maximum Gasteiger partial charge on any atom is 0.166 e. The Kier molecular flexibility index (Phi) is 4.92. The van der Waals surface area contributed by atoms with Crippen LogP contribution in [0.2, 0.25) is 19.6 Å². The molecule has 0 nitrogen and oxygen atoms in total. The molecule has 0 radical (unpaired) electrons. The summed E-state index contributed by atoms with van der Waals surface area (Å²) in [4.78, 5) is 3.67. The third kappa shape index (κ3) is 3.79. The van der Waals surface area contributed by atoms with Crippen molar-refractivity contribution in [3.8, 4) is 0 Å². The van der Waals surface area contributed by atoms with E-state index in [1.54, 1.807) is 12.1 Å². The third-order valence-corrected chi connectivity index (χ3v) is 8.28. The topological polar surface area (TPSA) is 0 Å². The molecule has 1 unspecified atom stereocenters. The normalized spacial score (nSPS) is 12.8. The summed E-state index contributed by atoms with van der Waals surface area (Å²) < 4.78 is 13.3. The van der Waals surface area contributed by atoms with Crippen LogP contribution in [0.5, 0.6) is 0 Å². The first-order valence-electron chi connectivity index (χ1n) is 8.10. The monoisotopic (exact) mass is 353 g/mol. The molecule has 0 aliphatic heterocycles. The van der Waals surface area contributed by atoms with Crippen molar-refractivity contribution in [1.29, 1.82) is 0 Å². The van der Waals surface area contributed by atoms with Crippen molar-refractivity contribution >= 4 is 24.2 Å². The van der Waals surface area contributed by atoms with Gasteiger partial charge in [0.1, 0.15) is 5.82 Å². The highest BCUT2D eigenvalue weighted by molar-refractivity contribution is 7.97. The van der Waals surface area contributed by atoms with Crippen LogP contribution in [0.15, 0.2) is 93.5 Å². The Morgan fingerprint density at radius 3 is 1.58 bits per heavy atom. The quantitative estimate of drug-likeness (QED) is 0.431. The van der Waals surface area contributed by atoms with Crippen molar-refractivity contribution in [2.75, 3.05) is 0 Å². The summed E-state index contributed by atoms with van der Waals surface area (Å²) >= 11 is 0. The first-order valence-corrected chi connectivity index (χ1v) is 12.8. The Balaban J connectivity index is 2.06. The fourth-order valence-electron chi connectivity index (χ4n) is 2.63. The number of halogens is 1. The van der Waals surface area contributed by atoms with Crippen molar-refractivity contribution in [1.82, 2.24) is 0 Å². The molecule has 0 saturated heterocycles. The predicted octanol–water partition coefficient (Wildman–Crippen LogP) is 5.47. The van der Waals surface area contributed by atoms with E-state index in [1.165, 1.54) is 15.0 Å². The molecule has 0 saturated carbocycles. The molecule has 0 amide bonds. The smallest absolute Gasteiger partial charge is 0.166 e. The molecule has 3 rings (SSSR count). The fourth-order valence-corrected chi connectivity index (χ4v) is 5.86. The van der Waals surface area contributed by atoms with Gasteiger partial charge in [0.25, 0.3) is 0 Å². The number of hydrogen-bond acceptors (Lipinski definition) is 0. The highest BCUT2D eigenvalue weighted by Crippen LogP contribution is 2.30. The summed E-state index contributed by atoms with van der Waals surface area (Å²) in [5, 5.41) is 1.46. The Morgan fingerprint density at radius 2 is 1.08 bits per heavy atom. The zero-order chi connectivity index (χ0) is 17.2. The van der Waals surface area contributed by atoms with Gasteiger partial charge in [-0.25, -0.2) is 4.39 Å². The summed E-state index contributed by atoms with van der Waals surface area (Å²) in [6.07, 6.45) is 0. The molecule has 0 N–H and O–H groups in total. The SMILES string of the molecule is C[Si](C)(C)c1ccc([S+](c2ccccc2)c2ccc(F)cc2)cc1. The van der Waals surface area contributed by atoms with Gasteiger partial charge in [0.2, 0.25) is 0 Å². The van der Waals surface area contributed by atoms with Gasteiger partial charge in [0.05, 0.1) is 19.0 Å². The summed E-state index contributed by atoms with van der Waals surface area (Å²) in [6, 6.07) is 26.4. The summed E-state index contributed by atoms with van der Waals surface area (Å²) in [6.45, 7) is 7.08. The van der Waals surface area contributed by atoms with Crippen LogP contribution in [0.4, 0.5) is 4.39 Å². The van der Waals surface area contributed by atoms with Gasteiger partial charge in [-0.2, -0.15) is 0 Å². The lowest BCUT2D eigenvalue weighted by Crippen LogP contribution is -2.37. The average molecular weight is 354 g/mol. The maximum absolute atomic E-state index is 13.3. The Hall–Kier alpha value is -1.84. The number of rotatable bonds is 4. The van der Waals surface area contributed by atoms with Crippen LogP contribution in [0.25, 0.3) is 0 Å². The lowest BCUT2D eigenvalue weighted by atomic mass is 10.3. The largest absolute Gasteiger partial charge is 0.207 e. The van der Waals surface area contributed by atoms with Gasteiger partial charge in [0.15, 0.2) is 14.7 Å². The highest BCUT2D eigenvalue weighted by atomic mass is 32.2. The van der Waals surface area contributed by atoms with Gasteiger partial charge in [-0.15, -0.1) is 0 Å². The molecule has 3 aromatic rings. The van der Waals surface area contributed by atoms with Crippen molar-refractivity contribution in [2.24, 2.45) is 0 Å². The van der Waals surface area contributed by atoms with Crippen LogP contribution in [0.1, 0.15) is 0 Å². The average Bonchev–Trinajstić information content (AvgIpc) is 2.58. The molecule has 0 aliphatic carbocycles. The van der Waals surface area contributed by atoms with Gasteiger partial charge < -0.3 is 0 Å². The summed E-state index contributed by atoms with van der Waals surface area (Å²) in [5.41, 5.74) is 0. The minimum absolute atomic E-state index is 0.190. The van der Waals surface area contributed by atoms with Crippen LogP contribution >= 0.6 is 0 Å². The second-order valence-electron chi connectivity index (χ2n) is 6.85. The Labute approximate surface area is 147 Å². The van der Waals surface area contributed by atoms with Crippen LogP contribution < -0.4 is 5.19 Å². The molecule has 1 atom stereocenters. The molecule has 0 aromatic heterocycles. The minimum atomic E-state index is -1.30. The molecule has 0 spiro atoms. The van der Waals surface area contributed by atoms with Crippen LogP contribution in [0.3, 0.4) is 0 Å². The van der Waals surface area contributed by atoms with Gasteiger partial charge >= 0.3 is 0 Å². The van der Waals surface area contributed by atoms with E-state index in [2.05, 4.69) is 68.2 Å². The van der Waals surface area contributed by atoms with Gasteiger partial charge in [-0.05, 0) is 48.5 Å². The third-order valence-electron chi connectivity index (χ3n) is 3.98. The van der Waals surface area contributed by atoms with E-state index in [9.17, 15) is 4.39 Å². The zero-order valence-corrected chi connectivity index (χ0v) is 16.1. The van der Waals surface area contributed by atoms with Crippen LogP contribution in [-0.4, -0.2) is 8.07 Å².